The molecule has 0 aliphatic heterocycles. The van der Waals surface area contributed by atoms with Crippen LogP contribution in [0.5, 0.6) is 0 Å². The van der Waals surface area contributed by atoms with Gasteiger partial charge in [-0.15, -0.1) is 0 Å². The summed E-state index contributed by atoms with van der Waals surface area (Å²) in [5, 5.41) is 0. The SMILES string of the molecule is CC.CCCc1ccc(-c2ccc(C)cc2)cc1. The van der Waals surface area contributed by atoms with Gasteiger partial charge in [0.2, 0.25) is 0 Å². The average Bonchev–Trinajstić information content (AvgIpc) is 2.43. The lowest BCUT2D eigenvalue weighted by atomic mass is 10.0. The van der Waals surface area contributed by atoms with Crippen molar-refractivity contribution in [3.8, 4) is 11.1 Å². The maximum absolute atomic E-state index is 2.23. The van der Waals surface area contributed by atoms with Gasteiger partial charge in [-0.2, -0.15) is 0 Å². The molecular formula is C18H24. The third-order valence-electron chi connectivity index (χ3n) is 2.88. The lowest BCUT2D eigenvalue weighted by Gasteiger charge is -2.04. The summed E-state index contributed by atoms with van der Waals surface area (Å²) >= 11 is 0. The van der Waals surface area contributed by atoms with E-state index in [2.05, 4.69) is 62.4 Å². The topological polar surface area (TPSA) is 0 Å². The molecule has 2 aromatic rings. The molecule has 0 spiro atoms. The molecule has 0 heterocycles. The van der Waals surface area contributed by atoms with Crippen LogP contribution >= 0.6 is 0 Å². The Morgan fingerprint density at radius 3 is 1.61 bits per heavy atom. The Morgan fingerprint density at radius 1 is 0.722 bits per heavy atom. The van der Waals surface area contributed by atoms with Crippen LogP contribution in [0, 0.1) is 6.92 Å². The van der Waals surface area contributed by atoms with Crippen LogP contribution < -0.4 is 0 Å². The summed E-state index contributed by atoms with van der Waals surface area (Å²) in [6.07, 6.45) is 2.39. The van der Waals surface area contributed by atoms with Crippen molar-refractivity contribution in [2.24, 2.45) is 0 Å². The molecule has 0 aliphatic carbocycles. The Bertz CT molecular complexity index is 434. The molecule has 2 aromatic carbocycles. The quantitative estimate of drug-likeness (QED) is 0.651. The van der Waals surface area contributed by atoms with E-state index in [1.165, 1.54) is 35.1 Å². The van der Waals surface area contributed by atoms with Crippen molar-refractivity contribution in [1.29, 1.82) is 0 Å². The minimum atomic E-state index is 1.17. The first-order valence-electron chi connectivity index (χ1n) is 6.95. The maximum atomic E-state index is 2.23. The Labute approximate surface area is 112 Å². The predicted octanol–water partition coefficient (Wildman–Crippen LogP) is 5.64. The van der Waals surface area contributed by atoms with Crippen molar-refractivity contribution >= 4 is 0 Å². The molecule has 2 rings (SSSR count). The zero-order chi connectivity index (χ0) is 13.4. The Kier molecular flexibility index (Phi) is 6.21. The molecule has 0 aromatic heterocycles. The summed E-state index contributed by atoms with van der Waals surface area (Å²) in [4.78, 5) is 0. The summed E-state index contributed by atoms with van der Waals surface area (Å²) < 4.78 is 0. The molecule has 0 heteroatoms. The second-order valence-corrected chi connectivity index (χ2v) is 4.31. The van der Waals surface area contributed by atoms with Gasteiger partial charge in [0.1, 0.15) is 0 Å². The minimum Gasteiger partial charge on any atom is -0.0683 e. The zero-order valence-corrected chi connectivity index (χ0v) is 12.0. The van der Waals surface area contributed by atoms with Gasteiger partial charge in [-0.1, -0.05) is 81.3 Å². The largest absolute Gasteiger partial charge is 0.0683 e. The Morgan fingerprint density at radius 2 is 1.17 bits per heavy atom. The van der Waals surface area contributed by atoms with Gasteiger partial charge in [0, 0.05) is 0 Å². The lowest BCUT2D eigenvalue weighted by Crippen LogP contribution is -1.83. The highest BCUT2D eigenvalue weighted by atomic mass is 14.0. The fraction of sp³-hybridized carbons (Fsp3) is 0.333. The molecule has 96 valence electrons. The second kappa shape index (κ2) is 7.71. The van der Waals surface area contributed by atoms with Crippen molar-refractivity contribution in [3.63, 3.8) is 0 Å². The van der Waals surface area contributed by atoms with Crippen LogP contribution in [-0.4, -0.2) is 0 Å². The predicted molar refractivity (Wildman–Crippen MR) is 82.0 cm³/mol. The molecule has 0 atom stereocenters. The van der Waals surface area contributed by atoms with E-state index in [1.54, 1.807) is 0 Å². The fourth-order valence-corrected chi connectivity index (χ4v) is 1.90. The molecule has 18 heavy (non-hydrogen) atoms. The second-order valence-electron chi connectivity index (χ2n) is 4.31. The number of rotatable bonds is 3. The molecule has 0 radical (unpaired) electrons. The van der Waals surface area contributed by atoms with Crippen LogP contribution in [0.1, 0.15) is 38.3 Å². The Hall–Kier alpha value is -1.56. The molecule has 0 amide bonds. The summed E-state index contributed by atoms with van der Waals surface area (Å²) in [7, 11) is 0. The van der Waals surface area contributed by atoms with E-state index in [9.17, 15) is 0 Å². The number of aryl methyl sites for hydroxylation is 2. The van der Waals surface area contributed by atoms with E-state index >= 15 is 0 Å². The highest BCUT2D eigenvalue weighted by Crippen LogP contribution is 2.20. The molecule has 0 saturated heterocycles. The van der Waals surface area contributed by atoms with Crippen molar-refractivity contribution in [3.05, 3.63) is 59.7 Å². The van der Waals surface area contributed by atoms with E-state index in [-0.39, 0.29) is 0 Å². The third-order valence-corrected chi connectivity index (χ3v) is 2.88. The summed E-state index contributed by atoms with van der Waals surface area (Å²) in [5.41, 5.74) is 5.35. The van der Waals surface area contributed by atoms with Gasteiger partial charge < -0.3 is 0 Å². The molecule has 0 nitrogen and oxygen atoms in total. The van der Waals surface area contributed by atoms with Crippen molar-refractivity contribution in [2.75, 3.05) is 0 Å². The van der Waals surface area contributed by atoms with Crippen molar-refractivity contribution in [2.45, 2.75) is 40.5 Å². The lowest BCUT2D eigenvalue weighted by molar-refractivity contribution is 0.922. The highest BCUT2D eigenvalue weighted by molar-refractivity contribution is 5.63. The van der Waals surface area contributed by atoms with Crippen LogP contribution in [0.4, 0.5) is 0 Å². The first-order valence-corrected chi connectivity index (χ1v) is 6.95. The first-order chi connectivity index (χ1) is 8.79. The number of hydrogen-bond donors (Lipinski definition) is 0. The van der Waals surface area contributed by atoms with E-state index in [0.717, 1.165) is 0 Å². The van der Waals surface area contributed by atoms with Gasteiger partial charge in [0.05, 0.1) is 0 Å². The zero-order valence-electron chi connectivity index (χ0n) is 12.0. The molecule has 0 aliphatic rings. The van der Waals surface area contributed by atoms with E-state index < -0.39 is 0 Å². The standard InChI is InChI=1S/C16H18.C2H6/c1-3-4-14-7-11-16(12-8-14)15-9-5-13(2)6-10-15;1-2/h5-12H,3-4H2,1-2H3;1-2H3. The molecule has 0 fully saturated rings. The van der Waals surface area contributed by atoms with Gasteiger partial charge in [0.25, 0.3) is 0 Å². The number of benzene rings is 2. The van der Waals surface area contributed by atoms with Crippen LogP contribution in [0.25, 0.3) is 11.1 Å². The monoisotopic (exact) mass is 240 g/mol. The Balaban J connectivity index is 0.000000771. The smallest absolute Gasteiger partial charge is 0.0184 e. The van der Waals surface area contributed by atoms with E-state index in [4.69, 9.17) is 0 Å². The number of hydrogen-bond acceptors (Lipinski definition) is 0. The van der Waals surface area contributed by atoms with Gasteiger partial charge in [0.15, 0.2) is 0 Å². The molecule has 0 saturated carbocycles. The van der Waals surface area contributed by atoms with Crippen LogP contribution in [0.15, 0.2) is 48.5 Å². The summed E-state index contributed by atoms with van der Waals surface area (Å²) in [5.74, 6) is 0. The van der Waals surface area contributed by atoms with Gasteiger partial charge in [-0.3, -0.25) is 0 Å². The van der Waals surface area contributed by atoms with Gasteiger partial charge in [-0.05, 0) is 30.0 Å². The van der Waals surface area contributed by atoms with Crippen LogP contribution in [0.3, 0.4) is 0 Å². The normalized spacial score (nSPS) is 9.56. The molecule has 0 unspecified atom stereocenters. The van der Waals surface area contributed by atoms with Crippen molar-refractivity contribution < 1.29 is 0 Å². The van der Waals surface area contributed by atoms with Gasteiger partial charge >= 0.3 is 0 Å². The third kappa shape index (κ3) is 4.03. The first kappa shape index (κ1) is 14.5. The van der Waals surface area contributed by atoms with Crippen LogP contribution in [0.2, 0.25) is 0 Å². The summed E-state index contributed by atoms with van der Waals surface area (Å²) in [6, 6.07) is 17.6. The van der Waals surface area contributed by atoms with E-state index in [1.807, 2.05) is 13.8 Å². The average molecular weight is 240 g/mol. The van der Waals surface area contributed by atoms with Gasteiger partial charge in [-0.25, -0.2) is 0 Å². The molecular weight excluding hydrogens is 216 g/mol. The molecule has 0 N–H and O–H groups in total. The highest BCUT2D eigenvalue weighted by Gasteiger charge is 1.97. The summed E-state index contributed by atoms with van der Waals surface area (Å²) in [6.45, 7) is 8.34. The minimum absolute atomic E-state index is 1.17. The van der Waals surface area contributed by atoms with Crippen molar-refractivity contribution in [1.82, 2.24) is 0 Å². The maximum Gasteiger partial charge on any atom is -0.0184 e. The molecule has 0 bridgehead atoms. The fourth-order valence-electron chi connectivity index (χ4n) is 1.90. The van der Waals surface area contributed by atoms with E-state index in [0.29, 0.717) is 0 Å². The van der Waals surface area contributed by atoms with Crippen LogP contribution in [-0.2, 0) is 6.42 Å².